The number of hydrogen-bond donors (Lipinski definition) is 1. The molecule has 0 aromatic heterocycles. The summed E-state index contributed by atoms with van der Waals surface area (Å²) in [4.78, 5) is 15.9. The molecule has 2 aromatic carbocycles. The predicted octanol–water partition coefficient (Wildman–Crippen LogP) is 4.63. The fraction of sp³-hybridized carbons (Fsp3) is 0.235. The van der Waals surface area contributed by atoms with Crippen molar-refractivity contribution in [3.8, 4) is 0 Å². The van der Waals surface area contributed by atoms with E-state index in [0.717, 1.165) is 17.8 Å². The highest BCUT2D eigenvalue weighted by Crippen LogP contribution is 2.29. The van der Waals surface area contributed by atoms with Crippen LogP contribution in [0.25, 0.3) is 0 Å². The molecule has 25 heavy (non-hydrogen) atoms. The standard InChI is InChI=1S/C17H15Cl2F2N3O/c18-11-1-3-13(19)16(9-11)23-5-7-24(8-6-23)17(25)22-15-4-2-12(20)10-14(15)21/h1-4,9-10H,5-8H2,(H,22,25). The summed E-state index contributed by atoms with van der Waals surface area (Å²) in [7, 11) is 0. The van der Waals surface area contributed by atoms with Crippen molar-refractivity contribution in [1.29, 1.82) is 0 Å². The van der Waals surface area contributed by atoms with Gasteiger partial charge in [-0.2, -0.15) is 0 Å². The molecule has 4 nitrogen and oxygen atoms in total. The molecule has 3 rings (SSSR count). The van der Waals surface area contributed by atoms with Gasteiger partial charge in [-0.25, -0.2) is 13.6 Å². The van der Waals surface area contributed by atoms with Gasteiger partial charge in [0.25, 0.3) is 0 Å². The molecule has 132 valence electrons. The van der Waals surface area contributed by atoms with Crippen LogP contribution in [0, 0.1) is 11.6 Å². The van der Waals surface area contributed by atoms with E-state index in [9.17, 15) is 13.6 Å². The number of piperazine rings is 1. The zero-order valence-electron chi connectivity index (χ0n) is 13.1. The molecule has 2 aromatic rings. The number of nitrogens with zero attached hydrogens (tertiary/aromatic N) is 2. The first-order valence-electron chi connectivity index (χ1n) is 7.65. The Morgan fingerprint density at radius 1 is 1.00 bits per heavy atom. The Balaban J connectivity index is 1.62. The van der Waals surface area contributed by atoms with E-state index in [0.29, 0.717) is 36.2 Å². The van der Waals surface area contributed by atoms with Crippen LogP contribution in [0.5, 0.6) is 0 Å². The summed E-state index contributed by atoms with van der Waals surface area (Å²) >= 11 is 12.2. The summed E-state index contributed by atoms with van der Waals surface area (Å²) in [5.41, 5.74) is 0.769. The molecule has 0 saturated carbocycles. The van der Waals surface area contributed by atoms with Crippen LogP contribution in [0.1, 0.15) is 0 Å². The number of amides is 2. The molecule has 1 aliphatic rings. The van der Waals surface area contributed by atoms with Gasteiger partial charge in [0.2, 0.25) is 0 Å². The van der Waals surface area contributed by atoms with E-state index < -0.39 is 17.7 Å². The van der Waals surface area contributed by atoms with Crippen LogP contribution in [0.3, 0.4) is 0 Å². The van der Waals surface area contributed by atoms with Crippen molar-refractivity contribution in [3.05, 3.63) is 58.1 Å². The minimum Gasteiger partial charge on any atom is -0.367 e. The summed E-state index contributed by atoms with van der Waals surface area (Å²) in [6, 6.07) is 7.83. The number of rotatable bonds is 2. The normalized spacial score (nSPS) is 14.6. The second kappa shape index (κ2) is 7.45. The van der Waals surface area contributed by atoms with Crippen LogP contribution in [0.4, 0.5) is 25.0 Å². The van der Waals surface area contributed by atoms with Crippen molar-refractivity contribution in [3.63, 3.8) is 0 Å². The second-order valence-corrected chi connectivity index (χ2v) is 6.47. The summed E-state index contributed by atoms with van der Waals surface area (Å²) in [5.74, 6) is -1.50. The van der Waals surface area contributed by atoms with Gasteiger partial charge < -0.3 is 15.1 Å². The molecular formula is C17H15Cl2F2N3O. The summed E-state index contributed by atoms with van der Waals surface area (Å²) < 4.78 is 26.6. The van der Waals surface area contributed by atoms with E-state index in [1.54, 1.807) is 23.1 Å². The first-order chi connectivity index (χ1) is 11.9. The number of halogens is 4. The summed E-state index contributed by atoms with van der Waals surface area (Å²) in [5, 5.41) is 3.64. The quantitative estimate of drug-likeness (QED) is 0.817. The fourth-order valence-electron chi connectivity index (χ4n) is 2.66. The van der Waals surface area contributed by atoms with E-state index in [1.807, 2.05) is 4.90 Å². The van der Waals surface area contributed by atoms with Crippen molar-refractivity contribution < 1.29 is 13.6 Å². The first-order valence-corrected chi connectivity index (χ1v) is 8.40. The van der Waals surface area contributed by atoms with Crippen molar-refractivity contribution >= 4 is 40.6 Å². The van der Waals surface area contributed by atoms with Crippen LogP contribution in [0.2, 0.25) is 10.0 Å². The second-order valence-electron chi connectivity index (χ2n) is 5.62. The van der Waals surface area contributed by atoms with Gasteiger partial charge in [0.05, 0.1) is 16.4 Å². The maximum atomic E-state index is 13.6. The van der Waals surface area contributed by atoms with Crippen LogP contribution in [-0.4, -0.2) is 37.1 Å². The molecule has 0 atom stereocenters. The lowest BCUT2D eigenvalue weighted by atomic mass is 10.2. The third-order valence-corrected chi connectivity index (χ3v) is 4.54. The Kier molecular flexibility index (Phi) is 5.30. The number of nitrogens with one attached hydrogen (secondary N) is 1. The molecule has 1 fully saturated rings. The Morgan fingerprint density at radius 3 is 2.40 bits per heavy atom. The lowest BCUT2D eigenvalue weighted by Crippen LogP contribution is -2.50. The summed E-state index contributed by atoms with van der Waals surface area (Å²) in [6.45, 7) is 2.02. The molecule has 0 spiro atoms. The van der Waals surface area contributed by atoms with Gasteiger partial charge in [-0.15, -0.1) is 0 Å². The first kappa shape index (κ1) is 17.8. The molecule has 0 radical (unpaired) electrons. The molecule has 0 aliphatic carbocycles. The number of carbonyl (C=O) groups is 1. The topological polar surface area (TPSA) is 35.6 Å². The van der Waals surface area contributed by atoms with Gasteiger partial charge in [-0.3, -0.25) is 0 Å². The number of urea groups is 1. The van der Waals surface area contributed by atoms with Crippen molar-refractivity contribution in [2.75, 3.05) is 36.4 Å². The molecule has 8 heteroatoms. The van der Waals surface area contributed by atoms with Crippen molar-refractivity contribution in [2.45, 2.75) is 0 Å². The maximum Gasteiger partial charge on any atom is 0.322 e. The molecular weight excluding hydrogens is 371 g/mol. The fourth-order valence-corrected chi connectivity index (χ4v) is 3.07. The van der Waals surface area contributed by atoms with E-state index in [4.69, 9.17) is 23.2 Å². The van der Waals surface area contributed by atoms with Gasteiger partial charge in [0, 0.05) is 37.3 Å². The third kappa shape index (κ3) is 4.14. The van der Waals surface area contributed by atoms with Gasteiger partial charge in [0.1, 0.15) is 11.6 Å². The van der Waals surface area contributed by atoms with E-state index in [2.05, 4.69) is 5.32 Å². The monoisotopic (exact) mass is 385 g/mol. The molecule has 1 N–H and O–H groups in total. The molecule has 1 saturated heterocycles. The lowest BCUT2D eigenvalue weighted by Gasteiger charge is -2.36. The van der Waals surface area contributed by atoms with E-state index in [1.165, 1.54) is 6.07 Å². The largest absolute Gasteiger partial charge is 0.367 e. The Hall–Kier alpha value is -2.05. The minimum absolute atomic E-state index is 0.0493. The predicted molar refractivity (Wildman–Crippen MR) is 95.6 cm³/mol. The Labute approximate surface area is 153 Å². The van der Waals surface area contributed by atoms with E-state index in [-0.39, 0.29) is 5.69 Å². The van der Waals surface area contributed by atoms with Gasteiger partial charge in [-0.1, -0.05) is 23.2 Å². The number of anilines is 2. The number of benzene rings is 2. The minimum atomic E-state index is -0.808. The van der Waals surface area contributed by atoms with Crippen LogP contribution in [0.15, 0.2) is 36.4 Å². The van der Waals surface area contributed by atoms with Crippen molar-refractivity contribution in [2.24, 2.45) is 0 Å². The number of hydrogen-bond acceptors (Lipinski definition) is 2. The molecule has 2 amide bonds. The zero-order chi connectivity index (χ0) is 18.0. The third-order valence-electron chi connectivity index (χ3n) is 3.99. The highest BCUT2D eigenvalue weighted by molar-refractivity contribution is 6.35. The van der Waals surface area contributed by atoms with Crippen LogP contribution in [-0.2, 0) is 0 Å². The van der Waals surface area contributed by atoms with Crippen LogP contribution >= 0.6 is 23.2 Å². The average Bonchev–Trinajstić information content (AvgIpc) is 2.59. The molecule has 0 unspecified atom stereocenters. The maximum absolute atomic E-state index is 13.6. The highest BCUT2D eigenvalue weighted by Gasteiger charge is 2.23. The molecule has 1 heterocycles. The SMILES string of the molecule is O=C(Nc1ccc(F)cc1F)N1CCN(c2cc(Cl)ccc2Cl)CC1. The molecule has 1 aliphatic heterocycles. The summed E-state index contributed by atoms with van der Waals surface area (Å²) in [6.07, 6.45) is 0. The number of carbonyl (C=O) groups excluding carboxylic acids is 1. The zero-order valence-corrected chi connectivity index (χ0v) is 14.6. The van der Waals surface area contributed by atoms with Gasteiger partial charge in [0.15, 0.2) is 0 Å². The van der Waals surface area contributed by atoms with Gasteiger partial charge in [-0.05, 0) is 30.3 Å². The highest BCUT2D eigenvalue weighted by atomic mass is 35.5. The average molecular weight is 386 g/mol. The van der Waals surface area contributed by atoms with Crippen LogP contribution < -0.4 is 10.2 Å². The van der Waals surface area contributed by atoms with E-state index >= 15 is 0 Å². The lowest BCUT2D eigenvalue weighted by molar-refractivity contribution is 0.208. The smallest absolute Gasteiger partial charge is 0.322 e. The van der Waals surface area contributed by atoms with Crippen molar-refractivity contribution in [1.82, 2.24) is 4.90 Å². The van der Waals surface area contributed by atoms with Gasteiger partial charge >= 0.3 is 6.03 Å². The molecule has 0 bridgehead atoms. The Bertz CT molecular complexity index is 795. The Morgan fingerprint density at radius 2 is 1.72 bits per heavy atom.